The van der Waals surface area contributed by atoms with Crippen molar-refractivity contribution in [2.24, 2.45) is 0 Å². The average molecular weight is 280 g/mol. The molecule has 20 heavy (non-hydrogen) atoms. The standard InChI is InChI=1S/C15H15F3N2/c1-14(15(16,17)18,10-4-2-6-12(19)8-10)11-5-3-7-13(20)9-11/h2-9H,19-20H2,1H3. The Morgan fingerprint density at radius 1 is 0.800 bits per heavy atom. The Hall–Kier alpha value is -2.17. The van der Waals surface area contributed by atoms with Gasteiger partial charge in [0.2, 0.25) is 0 Å². The molecule has 0 saturated heterocycles. The lowest BCUT2D eigenvalue weighted by Crippen LogP contribution is -2.40. The van der Waals surface area contributed by atoms with Gasteiger partial charge in [-0.05, 0) is 42.3 Å². The normalized spacial score (nSPS) is 12.4. The molecule has 0 heterocycles. The molecule has 2 rings (SSSR count). The highest BCUT2D eigenvalue weighted by Crippen LogP contribution is 2.46. The third-order valence-electron chi connectivity index (χ3n) is 3.49. The summed E-state index contributed by atoms with van der Waals surface area (Å²) in [4.78, 5) is 0. The van der Waals surface area contributed by atoms with Gasteiger partial charge in [-0.25, -0.2) is 0 Å². The van der Waals surface area contributed by atoms with Gasteiger partial charge in [0.15, 0.2) is 0 Å². The topological polar surface area (TPSA) is 52.0 Å². The van der Waals surface area contributed by atoms with Gasteiger partial charge in [-0.3, -0.25) is 0 Å². The van der Waals surface area contributed by atoms with Gasteiger partial charge < -0.3 is 11.5 Å². The Kier molecular flexibility index (Phi) is 3.38. The molecule has 0 aliphatic rings. The van der Waals surface area contributed by atoms with E-state index in [1.165, 1.54) is 36.4 Å². The Balaban J connectivity index is 2.69. The number of halogens is 3. The van der Waals surface area contributed by atoms with Crippen LogP contribution in [0.25, 0.3) is 0 Å². The smallest absolute Gasteiger partial charge is 0.399 e. The first-order valence-corrected chi connectivity index (χ1v) is 6.04. The third kappa shape index (κ3) is 2.31. The van der Waals surface area contributed by atoms with Gasteiger partial charge in [0.25, 0.3) is 0 Å². The molecule has 0 radical (unpaired) electrons. The minimum absolute atomic E-state index is 0.0931. The number of anilines is 2. The molecule has 0 aliphatic heterocycles. The largest absolute Gasteiger partial charge is 0.402 e. The summed E-state index contributed by atoms with van der Waals surface area (Å²) in [7, 11) is 0. The molecular formula is C15H15F3N2. The maximum atomic E-state index is 13.7. The van der Waals surface area contributed by atoms with Crippen LogP contribution < -0.4 is 11.5 Å². The van der Waals surface area contributed by atoms with Crippen molar-refractivity contribution >= 4 is 11.4 Å². The van der Waals surface area contributed by atoms with Crippen molar-refractivity contribution in [3.05, 3.63) is 59.7 Å². The van der Waals surface area contributed by atoms with Crippen molar-refractivity contribution in [3.63, 3.8) is 0 Å². The minimum Gasteiger partial charge on any atom is -0.399 e. The maximum absolute atomic E-state index is 13.7. The number of benzene rings is 2. The van der Waals surface area contributed by atoms with E-state index in [2.05, 4.69) is 0 Å². The summed E-state index contributed by atoms with van der Waals surface area (Å²) in [6.45, 7) is 1.14. The fourth-order valence-electron chi connectivity index (χ4n) is 2.19. The molecular weight excluding hydrogens is 265 g/mol. The second kappa shape index (κ2) is 4.74. The SMILES string of the molecule is CC(c1cccc(N)c1)(c1cccc(N)c1)C(F)(F)F. The van der Waals surface area contributed by atoms with Gasteiger partial charge >= 0.3 is 6.18 Å². The Morgan fingerprint density at radius 3 is 1.50 bits per heavy atom. The van der Waals surface area contributed by atoms with Gasteiger partial charge in [0.1, 0.15) is 5.41 Å². The Bertz CT molecular complexity index is 575. The van der Waals surface area contributed by atoms with Crippen LogP contribution in [0.2, 0.25) is 0 Å². The summed E-state index contributed by atoms with van der Waals surface area (Å²) < 4.78 is 41.0. The highest BCUT2D eigenvalue weighted by Gasteiger charge is 2.53. The molecule has 0 amide bonds. The molecule has 0 bridgehead atoms. The lowest BCUT2D eigenvalue weighted by Gasteiger charge is -2.33. The second-order valence-electron chi connectivity index (χ2n) is 4.87. The van der Waals surface area contributed by atoms with E-state index in [1.54, 1.807) is 12.1 Å². The van der Waals surface area contributed by atoms with Gasteiger partial charge in [-0.1, -0.05) is 24.3 Å². The van der Waals surface area contributed by atoms with Crippen molar-refractivity contribution in [1.82, 2.24) is 0 Å². The monoisotopic (exact) mass is 280 g/mol. The van der Waals surface area contributed by atoms with Crippen molar-refractivity contribution in [3.8, 4) is 0 Å². The number of alkyl halides is 3. The minimum atomic E-state index is -4.46. The summed E-state index contributed by atoms with van der Waals surface area (Å²) in [5.41, 5.74) is 9.85. The van der Waals surface area contributed by atoms with E-state index in [0.717, 1.165) is 6.92 Å². The van der Waals surface area contributed by atoms with Crippen molar-refractivity contribution in [1.29, 1.82) is 0 Å². The van der Waals surface area contributed by atoms with E-state index in [4.69, 9.17) is 11.5 Å². The summed E-state index contributed by atoms with van der Waals surface area (Å²) in [5.74, 6) is 0. The van der Waals surface area contributed by atoms with Crippen LogP contribution in [-0.2, 0) is 5.41 Å². The molecule has 5 heteroatoms. The second-order valence-corrected chi connectivity index (χ2v) is 4.87. The molecule has 0 aliphatic carbocycles. The van der Waals surface area contributed by atoms with E-state index in [9.17, 15) is 13.2 Å². The van der Waals surface area contributed by atoms with Crippen LogP contribution in [0.15, 0.2) is 48.5 Å². The predicted octanol–water partition coefficient (Wildman–Crippen LogP) is 3.72. The summed E-state index contributed by atoms with van der Waals surface area (Å²) in [6.07, 6.45) is -4.46. The number of hydrogen-bond donors (Lipinski definition) is 2. The number of rotatable bonds is 2. The molecule has 4 N–H and O–H groups in total. The molecule has 2 nitrogen and oxygen atoms in total. The van der Waals surface area contributed by atoms with Crippen LogP contribution in [0, 0.1) is 0 Å². The summed E-state index contributed by atoms with van der Waals surface area (Å²) >= 11 is 0. The highest BCUT2D eigenvalue weighted by molar-refractivity contribution is 5.51. The first-order valence-electron chi connectivity index (χ1n) is 6.04. The van der Waals surface area contributed by atoms with Crippen LogP contribution >= 0.6 is 0 Å². The lowest BCUT2D eigenvalue weighted by atomic mass is 9.75. The highest BCUT2D eigenvalue weighted by atomic mass is 19.4. The molecule has 0 atom stereocenters. The molecule has 2 aromatic rings. The van der Waals surface area contributed by atoms with Gasteiger partial charge in [0.05, 0.1) is 0 Å². The fourth-order valence-corrected chi connectivity index (χ4v) is 2.19. The van der Waals surface area contributed by atoms with Gasteiger partial charge in [0, 0.05) is 11.4 Å². The van der Waals surface area contributed by atoms with E-state index < -0.39 is 11.6 Å². The Labute approximate surface area is 115 Å². The van der Waals surface area contributed by atoms with Crippen molar-refractivity contribution < 1.29 is 13.2 Å². The molecule has 0 unspecified atom stereocenters. The molecule has 0 aromatic heterocycles. The predicted molar refractivity (Wildman–Crippen MR) is 74.2 cm³/mol. The zero-order valence-corrected chi connectivity index (χ0v) is 10.9. The van der Waals surface area contributed by atoms with Crippen LogP contribution in [0.4, 0.5) is 24.5 Å². The summed E-state index contributed by atoms with van der Waals surface area (Å²) in [6, 6.07) is 11.7. The molecule has 0 spiro atoms. The molecule has 2 aromatic carbocycles. The van der Waals surface area contributed by atoms with E-state index >= 15 is 0 Å². The van der Waals surface area contributed by atoms with Crippen LogP contribution in [-0.4, -0.2) is 6.18 Å². The van der Waals surface area contributed by atoms with Crippen molar-refractivity contribution in [2.45, 2.75) is 18.5 Å². The average Bonchev–Trinajstić information content (AvgIpc) is 2.36. The lowest BCUT2D eigenvalue weighted by molar-refractivity contribution is -0.173. The number of hydrogen-bond acceptors (Lipinski definition) is 2. The first kappa shape index (κ1) is 14.2. The van der Waals surface area contributed by atoms with Gasteiger partial charge in [-0.2, -0.15) is 13.2 Å². The number of nitrogen functional groups attached to an aromatic ring is 2. The van der Waals surface area contributed by atoms with Crippen LogP contribution in [0.5, 0.6) is 0 Å². The van der Waals surface area contributed by atoms with E-state index in [-0.39, 0.29) is 11.1 Å². The fraction of sp³-hybridized carbons (Fsp3) is 0.200. The first-order chi connectivity index (χ1) is 9.25. The van der Waals surface area contributed by atoms with E-state index in [0.29, 0.717) is 11.4 Å². The Morgan fingerprint density at radius 2 is 1.20 bits per heavy atom. The molecule has 0 fully saturated rings. The number of nitrogens with two attached hydrogens (primary N) is 2. The molecule has 106 valence electrons. The van der Waals surface area contributed by atoms with Crippen LogP contribution in [0.3, 0.4) is 0 Å². The van der Waals surface area contributed by atoms with Crippen molar-refractivity contribution in [2.75, 3.05) is 11.5 Å². The zero-order chi connectivity index (χ0) is 15.0. The third-order valence-corrected chi connectivity index (χ3v) is 3.49. The van der Waals surface area contributed by atoms with Gasteiger partial charge in [-0.15, -0.1) is 0 Å². The molecule has 0 saturated carbocycles. The van der Waals surface area contributed by atoms with E-state index in [1.807, 2.05) is 0 Å². The maximum Gasteiger partial charge on any atom is 0.402 e. The van der Waals surface area contributed by atoms with Crippen LogP contribution in [0.1, 0.15) is 18.1 Å². The zero-order valence-electron chi connectivity index (χ0n) is 10.9. The quantitative estimate of drug-likeness (QED) is 0.824. The summed E-state index contributed by atoms with van der Waals surface area (Å²) in [5, 5.41) is 0.